The highest BCUT2D eigenvalue weighted by atomic mass is 16.6. The Bertz CT molecular complexity index is 1400. The minimum absolute atomic E-state index is 0.0330. The lowest BCUT2D eigenvalue weighted by atomic mass is 9.67. The van der Waals surface area contributed by atoms with E-state index in [9.17, 15) is 14.9 Å². The second-order valence-electron chi connectivity index (χ2n) is 12.7. The number of hydrogen-bond acceptors (Lipinski definition) is 7. The van der Waals surface area contributed by atoms with Gasteiger partial charge in [0.25, 0.3) is 5.70 Å². The Kier molecular flexibility index (Phi) is 8.92. The van der Waals surface area contributed by atoms with E-state index in [2.05, 4.69) is 5.32 Å². The molecule has 1 heterocycles. The molecule has 228 valence electrons. The van der Waals surface area contributed by atoms with Gasteiger partial charge in [0.15, 0.2) is 0 Å². The molecule has 0 bridgehead atoms. The molecular formula is C34H41N3O6. The van der Waals surface area contributed by atoms with Crippen molar-refractivity contribution in [1.82, 2.24) is 10.2 Å². The van der Waals surface area contributed by atoms with E-state index < -0.39 is 11.0 Å². The summed E-state index contributed by atoms with van der Waals surface area (Å²) in [6.07, 6.45) is 9.95. The van der Waals surface area contributed by atoms with Crippen molar-refractivity contribution in [1.29, 1.82) is 0 Å². The molecule has 1 amide bonds. The summed E-state index contributed by atoms with van der Waals surface area (Å²) in [7, 11) is 1.63. The monoisotopic (exact) mass is 587 g/mol. The first-order valence-corrected chi connectivity index (χ1v) is 14.8. The molecule has 2 aliphatic carbocycles. The number of carbonyl (C=O) groups excluding carboxylic acids is 1. The highest BCUT2D eigenvalue weighted by Gasteiger charge is 2.52. The number of amides is 1. The fourth-order valence-electron chi connectivity index (χ4n) is 6.33. The van der Waals surface area contributed by atoms with Crippen LogP contribution < -0.4 is 10.1 Å². The van der Waals surface area contributed by atoms with E-state index in [1.165, 1.54) is 0 Å². The Morgan fingerprint density at radius 2 is 1.77 bits per heavy atom. The fourth-order valence-corrected chi connectivity index (χ4v) is 6.33. The summed E-state index contributed by atoms with van der Waals surface area (Å²) in [5.41, 5.74) is 1.22. The molecule has 43 heavy (non-hydrogen) atoms. The molecule has 1 spiro atoms. The first kappa shape index (κ1) is 30.4. The maximum absolute atomic E-state index is 13.1. The molecule has 2 atom stereocenters. The molecule has 9 heteroatoms. The van der Waals surface area contributed by atoms with Gasteiger partial charge >= 0.3 is 6.09 Å². The number of nitrogens with zero attached hydrogens (tertiary/aromatic N) is 2. The van der Waals surface area contributed by atoms with Crippen LogP contribution in [0, 0.1) is 20.9 Å². The predicted octanol–water partition coefficient (Wildman–Crippen LogP) is 6.39. The molecule has 0 radical (unpaired) electrons. The lowest BCUT2D eigenvalue weighted by Gasteiger charge is -2.45. The molecule has 1 N–H and O–H groups in total. The second-order valence-corrected chi connectivity index (χ2v) is 12.7. The quantitative estimate of drug-likeness (QED) is 0.240. The molecule has 9 nitrogen and oxygen atoms in total. The molecule has 1 saturated carbocycles. The number of methoxy groups -OCH3 is 1. The van der Waals surface area contributed by atoms with Crippen molar-refractivity contribution in [3.8, 4) is 5.75 Å². The van der Waals surface area contributed by atoms with Crippen molar-refractivity contribution in [2.45, 2.75) is 58.3 Å². The van der Waals surface area contributed by atoms with Crippen molar-refractivity contribution in [2.24, 2.45) is 10.8 Å². The average molecular weight is 588 g/mol. The van der Waals surface area contributed by atoms with Crippen LogP contribution in [0.3, 0.4) is 0 Å². The Morgan fingerprint density at radius 1 is 1.02 bits per heavy atom. The van der Waals surface area contributed by atoms with Crippen molar-refractivity contribution in [3.05, 3.63) is 112 Å². The van der Waals surface area contributed by atoms with Crippen LogP contribution in [0.1, 0.15) is 50.7 Å². The highest BCUT2D eigenvalue weighted by Crippen LogP contribution is 2.47. The number of benzene rings is 2. The maximum atomic E-state index is 13.1. The van der Waals surface area contributed by atoms with E-state index in [4.69, 9.17) is 14.2 Å². The average Bonchev–Trinajstić information content (AvgIpc) is 3.17. The minimum Gasteiger partial charge on any atom is -0.497 e. The Hall–Kier alpha value is -4.11. The zero-order valence-electron chi connectivity index (χ0n) is 25.2. The molecule has 3 aliphatic rings. The minimum atomic E-state index is -0.652. The van der Waals surface area contributed by atoms with E-state index in [0.717, 1.165) is 36.1 Å². The molecule has 5 rings (SSSR count). The first-order valence-electron chi connectivity index (χ1n) is 14.8. The van der Waals surface area contributed by atoms with Gasteiger partial charge in [-0.15, -0.1) is 0 Å². The van der Waals surface area contributed by atoms with E-state index in [1.807, 2.05) is 80.6 Å². The van der Waals surface area contributed by atoms with Crippen molar-refractivity contribution >= 4 is 6.09 Å². The van der Waals surface area contributed by atoms with Gasteiger partial charge in [-0.2, -0.15) is 0 Å². The lowest BCUT2D eigenvalue weighted by Crippen LogP contribution is -2.50. The van der Waals surface area contributed by atoms with E-state index in [0.29, 0.717) is 45.0 Å². The van der Waals surface area contributed by atoms with Gasteiger partial charge in [-0.1, -0.05) is 68.5 Å². The third-order valence-electron chi connectivity index (χ3n) is 8.61. The third-order valence-corrected chi connectivity index (χ3v) is 8.61. The normalized spacial score (nSPS) is 24.6. The molecular weight excluding hydrogens is 546 g/mol. The van der Waals surface area contributed by atoms with Crippen molar-refractivity contribution in [2.75, 3.05) is 26.8 Å². The van der Waals surface area contributed by atoms with Gasteiger partial charge in [0.2, 0.25) is 0 Å². The number of hydrogen-bond donors (Lipinski definition) is 1. The van der Waals surface area contributed by atoms with Crippen LogP contribution in [0.25, 0.3) is 0 Å². The second kappa shape index (κ2) is 12.6. The van der Waals surface area contributed by atoms with Crippen LogP contribution in [-0.4, -0.2) is 48.3 Å². The topological polar surface area (TPSA) is 103 Å². The summed E-state index contributed by atoms with van der Waals surface area (Å²) < 4.78 is 17.8. The number of nitro groups is 1. The summed E-state index contributed by atoms with van der Waals surface area (Å²) in [4.78, 5) is 26.5. The summed E-state index contributed by atoms with van der Waals surface area (Å²) in [5, 5.41) is 15.4. The largest absolute Gasteiger partial charge is 0.497 e. The third kappa shape index (κ3) is 7.46. The number of carbonyl (C=O) groups is 1. The van der Waals surface area contributed by atoms with Crippen LogP contribution in [0.4, 0.5) is 4.79 Å². The molecule has 2 unspecified atom stereocenters. The van der Waals surface area contributed by atoms with E-state index in [1.54, 1.807) is 24.2 Å². The van der Waals surface area contributed by atoms with Gasteiger partial charge in [-0.25, -0.2) is 4.79 Å². The van der Waals surface area contributed by atoms with Crippen LogP contribution >= 0.6 is 0 Å². The van der Waals surface area contributed by atoms with Gasteiger partial charge < -0.3 is 19.5 Å². The van der Waals surface area contributed by atoms with Crippen LogP contribution in [-0.2, 0) is 22.6 Å². The summed E-state index contributed by atoms with van der Waals surface area (Å²) in [6.45, 7) is 6.29. The summed E-state index contributed by atoms with van der Waals surface area (Å²) in [5.74, 6) is 0.766. The molecule has 1 aliphatic heterocycles. The zero-order chi connectivity index (χ0) is 30.5. The van der Waals surface area contributed by atoms with Gasteiger partial charge in [0.05, 0.1) is 31.8 Å². The highest BCUT2D eigenvalue weighted by molar-refractivity contribution is 5.71. The zero-order valence-corrected chi connectivity index (χ0v) is 25.2. The molecule has 0 aromatic heterocycles. The molecule has 2 aromatic rings. The smallest absolute Gasteiger partial charge is 0.410 e. The number of allylic oxidation sites excluding steroid dienone is 4. The maximum Gasteiger partial charge on any atom is 0.410 e. The fraction of sp³-hybridized carbons (Fsp3) is 0.441. The van der Waals surface area contributed by atoms with Gasteiger partial charge in [0.1, 0.15) is 17.0 Å². The standard InChI is InChI=1S/C34H41N3O6/c1-32(2)18-14-29(30(15-19-32)37(39)40)35-23-33(25-42-21-27-8-5-4-6-9-27)16-7-17-34(22-33)24-36(31(38)43-34)20-26-10-12-28(41-3)13-11-26/h4-6,8-15,18-19,35H,7,16-17,20-25H2,1-3H3. The van der Waals surface area contributed by atoms with Crippen LogP contribution in [0.2, 0.25) is 0 Å². The number of rotatable bonds is 11. The van der Waals surface area contributed by atoms with E-state index >= 15 is 0 Å². The van der Waals surface area contributed by atoms with E-state index in [-0.39, 0.29) is 22.1 Å². The summed E-state index contributed by atoms with van der Waals surface area (Å²) in [6, 6.07) is 17.7. The molecule has 1 saturated heterocycles. The van der Waals surface area contributed by atoms with Crippen LogP contribution in [0.15, 0.2) is 90.3 Å². The predicted molar refractivity (Wildman–Crippen MR) is 164 cm³/mol. The van der Waals surface area contributed by atoms with Crippen molar-refractivity contribution in [3.63, 3.8) is 0 Å². The van der Waals surface area contributed by atoms with Crippen LogP contribution in [0.5, 0.6) is 5.75 Å². The number of ether oxygens (including phenoxy) is 3. The summed E-state index contributed by atoms with van der Waals surface area (Å²) >= 11 is 0. The van der Waals surface area contributed by atoms with Crippen molar-refractivity contribution < 1.29 is 23.9 Å². The Balaban J connectivity index is 1.36. The number of nitrogens with one attached hydrogen (secondary N) is 1. The molecule has 2 aromatic carbocycles. The van der Waals surface area contributed by atoms with Gasteiger partial charge in [-0.3, -0.25) is 15.0 Å². The SMILES string of the molecule is COc1ccc(CN2CC3(CCCC(CNC4=C([N+](=O)[O-])C=CC(C)(C)C=C4)(COCc4ccccc4)C3)OC2=O)cc1. The Labute approximate surface area is 253 Å². The Morgan fingerprint density at radius 3 is 2.49 bits per heavy atom. The lowest BCUT2D eigenvalue weighted by molar-refractivity contribution is -0.420. The molecule has 2 fully saturated rings. The van der Waals surface area contributed by atoms with Gasteiger partial charge in [0, 0.05) is 30.0 Å². The first-order chi connectivity index (χ1) is 20.6. The van der Waals surface area contributed by atoms with Gasteiger partial charge in [-0.05, 0) is 55.0 Å².